The molecular weight excluding hydrogens is 392 g/mol. The van der Waals surface area contributed by atoms with Crippen LogP contribution < -0.4 is 10.6 Å². The van der Waals surface area contributed by atoms with Crippen molar-refractivity contribution < 1.29 is 9.59 Å². The maximum Gasteiger partial charge on any atom is 0.319 e. The van der Waals surface area contributed by atoms with Gasteiger partial charge in [-0.15, -0.1) is 0 Å². The third kappa shape index (κ3) is 5.09. The molecule has 0 unspecified atom stereocenters. The van der Waals surface area contributed by atoms with E-state index in [9.17, 15) is 9.59 Å². The van der Waals surface area contributed by atoms with Crippen molar-refractivity contribution in [2.45, 2.75) is 39.8 Å². The van der Waals surface area contributed by atoms with Crippen LogP contribution in [0.4, 0.5) is 10.5 Å². The number of benzene rings is 1. The van der Waals surface area contributed by atoms with E-state index < -0.39 is 0 Å². The topological polar surface area (TPSA) is 92.2 Å². The summed E-state index contributed by atoms with van der Waals surface area (Å²) in [5.41, 5.74) is 4.61. The molecule has 1 saturated heterocycles. The van der Waals surface area contributed by atoms with Crippen molar-refractivity contribution in [1.82, 2.24) is 25.0 Å². The largest absolute Gasteiger partial charge is 0.338 e. The number of nitrogens with one attached hydrogen (secondary N) is 2. The van der Waals surface area contributed by atoms with Gasteiger partial charge in [-0.3, -0.25) is 4.79 Å². The van der Waals surface area contributed by atoms with Crippen LogP contribution >= 0.6 is 0 Å². The van der Waals surface area contributed by atoms with E-state index in [-0.39, 0.29) is 11.9 Å². The molecule has 2 N–H and O–H groups in total. The molecule has 3 amide bonds. The van der Waals surface area contributed by atoms with Crippen LogP contribution in [-0.2, 0) is 17.9 Å². The second-order valence-electron chi connectivity index (χ2n) is 7.79. The van der Waals surface area contributed by atoms with Gasteiger partial charge in [-0.05, 0) is 55.7 Å². The molecule has 160 valence electrons. The average molecular weight is 419 g/mol. The Bertz CT molecular complexity index is 1070. The number of rotatable bonds is 6. The summed E-state index contributed by atoms with van der Waals surface area (Å²) in [7, 11) is 0. The van der Waals surface area contributed by atoms with Crippen molar-refractivity contribution in [3.05, 3.63) is 71.2 Å². The van der Waals surface area contributed by atoms with Crippen molar-refractivity contribution >= 4 is 17.6 Å². The van der Waals surface area contributed by atoms with Gasteiger partial charge < -0.3 is 15.5 Å². The lowest BCUT2D eigenvalue weighted by molar-refractivity contribution is -0.128. The lowest BCUT2D eigenvalue weighted by Gasteiger charge is -2.15. The SMILES string of the molecule is Cc1cc(C)n(-c2ccc(CNC(=O)Nc3ccc(CN4CCCC4=O)cc3)cn2)n1. The molecule has 31 heavy (non-hydrogen) atoms. The van der Waals surface area contributed by atoms with Crippen molar-refractivity contribution in [1.29, 1.82) is 0 Å². The Morgan fingerprint density at radius 2 is 1.87 bits per heavy atom. The minimum Gasteiger partial charge on any atom is -0.338 e. The number of aryl methyl sites for hydroxylation is 2. The van der Waals surface area contributed by atoms with Crippen LogP contribution in [-0.4, -0.2) is 38.1 Å². The normalized spacial score (nSPS) is 13.5. The van der Waals surface area contributed by atoms with Crippen LogP contribution in [0.1, 0.15) is 35.4 Å². The summed E-state index contributed by atoms with van der Waals surface area (Å²) in [6.45, 7) is 5.73. The predicted octanol–water partition coefficient (Wildman–Crippen LogP) is 3.33. The number of carbonyl (C=O) groups is 2. The Morgan fingerprint density at radius 1 is 1.10 bits per heavy atom. The van der Waals surface area contributed by atoms with Gasteiger partial charge in [-0.25, -0.2) is 14.5 Å². The third-order valence-corrected chi connectivity index (χ3v) is 5.25. The molecule has 2 aromatic heterocycles. The number of hydrogen-bond acceptors (Lipinski definition) is 4. The van der Waals surface area contributed by atoms with E-state index in [1.807, 2.05) is 61.2 Å². The monoisotopic (exact) mass is 418 g/mol. The number of hydrogen-bond donors (Lipinski definition) is 2. The minimum absolute atomic E-state index is 0.207. The van der Waals surface area contributed by atoms with Crippen LogP contribution in [0.15, 0.2) is 48.7 Å². The van der Waals surface area contributed by atoms with Gasteiger partial charge in [0.05, 0.1) is 5.69 Å². The second kappa shape index (κ2) is 8.99. The first-order chi connectivity index (χ1) is 15.0. The van der Waals surface area contributed by atoms with Crippen LogP contribution in [0.25, 0.3) is 5.82 Å². The molecule has 1 fully saturated rings. The number of nitrogens with zero attached hydrogens (tertiary/aromatic N) is 4. The Hall–Kier alpha value is -3.68. The minimum atomic E-state index is -0.287. The van der Waals surface area contributed by atoms with E-state index in [1.54, 1.807) is 10.9 Å². The molecule has 0 bridgehead atoms. The van der Waals surface area contributed by atoms with Crippen LogP contribution in [0.2, 0.25) is 0 Å². The molecule has 0 aliphatic carbocycles. The molecule has 1 aromatic carbocycles. The quantitative estimate of drug-likeness (QED) is 0.642. The van der Waals surface area contributed by atoms with Gasteiger partial charge in [0.1, 0.15) is 0 Å². The van der Waals surface area contributed by atoms with E-state index in [1.165, 1.54) is 0 Å². The fraction of sp³-hybridized carbons (Fsp3) is 0.304. The zero-order valence-corrected chi connectivity index (χ0v) is 17.8. The molecule has 0 atom stereocenters. The van der Waals surface area contributed by atoms with Crippen LogP contribution in [0.5, 0.6) is 0 Å². The smallest absolute Gasteiger partial charge is 0.319 e. The van der Waals surface area contributed by atoms with E-state index in [0.717, 1.165) is 41.3 Å². The lowest BCUT2D eigenvalue weighted by Crippen LogP contribution is -2.28. The predicted molar refractivity (Wildman–Crippen MR) is 118 cm³/mol. The molecule has 8 heteroatoms. The summed E-state index contributed by atoms with van der Waals surface area (Å²) in [4.78, 5) is 30.3. The number of likely N-dealkylation sites (tertiary alicyclic amines) is 1. The fourth-order valence-corrected chi connectivity index (χ4v) is 3.65. The Labute approximate surface area is 181 Å². The number of amides is 3. The molecule has 1 aliphatic heterocycles. The number of urea groups is 1. The average Bonchev–Trinajstić information content (AvgIpc) is 3.32. The molecule has 3 heterocycles. The first kappa shape index (κ1) is 20.6. The highest BCUT2D eigenvalue weighted by atomic mass is 16.2. The highest BCUT2D eigenvalue weighted by Crippen LogP contribution is 2.16. The highest BCUT2D eigenvalue weighted by molar-refractivity contribution is 5.89. The van der Waals surface area contributed by atoms with Gasteiger partial charge in [-0.1, -0.05) is 18.2 Å². The molecule has 0 spiro atoms. The van der Waals surface area contributed by atoms with Gasteiger partial charge in [-0.2, -0.15) is 5.10 Å². The maximum absolute atomic E-state index is 12.2. The van der Waals surface area contributed by atoms with Gasteiger partial charge >= 0.3 is 6.03 Å². The van der Waals surface area contributed by atoms with E-state index in [0.29, 0.717) is 25.2 Å². The molecule has 0 saturated carbocycles. The highest BCUT2D eigenvalue weighted by Gasteiger charge is 2.19. The van der Waals surface area contributed by atoms with Crippen molar-refractivity contribution in [3.8, 4) is 5.82 Å². The summed E-state index contributed by atoms with van der Waals surface area (Å²) >= 11 is 0. The first-order valence-corrected chi connectivity index (χ1v) is 10.4. The second-order valence-corrected chi connectivity index (χ2v) is 7.79. The molecule has 3 aromatic rings. The van der Waals surface area contributed by atoms with E-state index >= 15 is 0 Å². The molecule has 0 radical (unpaired) electrons. The van der Waals surface area contributed by atoms with Crippen LogP contribution in [0, 0.1) is 13.8 Å². The first-order valence-electron chi connectivity index (χ1n) is 10.4. The Kier molecular flexibility index (Phi) is 5.97. The van der Waals surface area contributed by atoms with Crippen LogP contribution in [0.3, 0.4) is 0 Å². The lowest BCUT2D eigenvalue weighted by atomic mass is 10.2. The zero-order chi connectivity index (χ0) is 21.8. The summed E-state index contributed by atoms with van der Waals surface area (Å²) in [6.07, 6.45) is 3.31. The number of carbonyl (C=O) groups excluding carboxylic acids is 2. The summed E-state index contributed by atoms with van der Waals surface area (Å²) < 4.78 is 1.79. The third-order valence-electron chi connectivity index (χ3n) is 5.25. The molecule has 8 nitrogen and oxygen atoms in total. The molecular formula is C23H26N6O2. The summed E-state index contributed by atoms with van der Waals surface area (Å²) in [6, 6.07) is 13.1. The van der Waals surface area contributed by atoms with E-state index in [4.69, 9.17) is 0 Å². The molecule has 4 rings (SSSR count). The van der Waals surface area contributed by atoms with Crippen molar-refractivity contribution in [3.63, 3.8) is 0 Å². The number of aromatic nitrogens is 3. The molecule has 1 aliphatic rings. The standard InChI is InChI=1S/C23H26N6O2/c1-16-12-17(2)29(27-16)21-10-7-19(13-24-21)14-25-23(31)26-20-8-5-18(6-9-20)15-28-11-3-4-22(28)30/h5-10,12-13H,3-4,11,14-15H2,1-2H3,(H2,25,26,31). The Balaban J connectivity index is 1.27. The van der Waals surface area contributed by atoms with Crippen molar-refractivity contribution in [2.75, 3.05) is 11.9 Å². The maximum atomic E-state index is 12.2. The van der Waals surface area contributed by atoms with Gasteiger partial charge in [0.25, 0.3) is 0 Å². The van der Waals surface area contributed by atoms with Crippen molar-refractivity contribution in [2.24, 2.45) is 0 Å². The zero-order valence-electron chi connectivity index (χ0n) is 17.8. The van der Waals surface area contributed by atoms with E-state index in [2.05, 4.69) is 20.7 Å². The number of pyridine rings is 1. The summed E-state index contributed by atoms with van der Waals surface area (Å²) in [5, 5.41) is 10.1. The van der Waals surface area contributed by atoms with Gasteiger partial charge in [0.2, 0.25) is 5.91 Å². The van der Waals surface area contributed by atoms with Gasteiger partial charge in [0.15, 0.2) is 5.82 Å². The summed E-state index contributed by atoms with van der Waals surface area (Å²) in [5.74, 6) is 0.952. The Morgan fingerprint density at radius 3 is 2.48 bits per heavy atom. The van der Waals surface area contributed by atoms with Gasteiger partial charge in [0, 0.05) is 43.6 Å². The fourth-order valence-electron chi connectivity index (χ4n) is 3.65. The number of anilines is 1.